The second-order valence-corrected chi connectivity index (χ2v) is 23.7. The number of hydrogen-bond acceptors (Lipinski definition) is 18. The highest BCUT2D eigenvalue weighted by Gasteiger charge is 2.39. The highest BCUT2D eigenvalue weighted by atomic mass is 32.1. The van der Waals surface area contributed by atoms with E-state index in [1.807, 2.05) is 0 Å². The van der Waals surface area contributed by atoms with Crippen LogP contribution in [0, 0.1) is 29.6 Å². The number of aliphatic hydroxyl groups excluding tert-OH is 1. The molecule has 0 unspecified atom stereocenters. The molecule has 0 spiro atoms. The summed E-state index contributed by atoms with van der Waals surface area (Å²) in [6.45, 7) is 17.8. The number of phenolic OH excluding ortho intramolecular Hbond substituents is 1. The Morgan fingerprint density at radius 2 is 0.865 bits per heavy atom. The molecule has 0 radical (unpaired) electrons. The summed E-state index contributed by atoms with van der Waals surface area (Å²) in [5, 5.41) is 74.4. The number of benzene rings is 1. The molecule has 502 valence electrons. The molecule has 0 fully saturated rings. The summed E-state index contributed by atoms with van der Waals surface area (Å²) in [6.07, 6.45) is -2.37. The maximum absolute atomic E-state index is 14.3. The Morgan fingerprint density at radius 3 is 1.33 bits per heavy atom. The number of aliphatic carboxylic acids is 3. The van der Waals surface area contributed by atoms with E-state index >= 15 is 0 Å². The zero-order valence-corrected chi connectivity index (χ0v) is 53.4. The Bertz CT molecular complexity index is 2580. The van der Waals surface area contributed by atoms with Gasteiger partial charge in [0.15, 0.2) is 0 Å². The van der Waals surface area contributed by atoms with Crippen LogP contribution in [0.15, 0.2) is 24.3 Å². The van der Waals surface area contributed by atoms with Crippen molar-refractivity contribution in [1.29, 1.82) is 0 Å². The monoisotopic (exact) mass is 1280 g/mol. The maximum atomic E-state index is 14.3. The van der Waals surface area contributed by atoms with Crippen LogP contribution in [-0.2, 0) is 68.7 Å². The third-order valence-corrected chi connectivity index (χ3v) is 15.0. The Kier molecular flexibility index (Phi) is 35.1. The summed E-state index contributed by atoms with van der Waals surface area (Å²) >= 11 is 4.11. The second kappa shape index (κ2) is 39.4. The van der Waals surface area contributed by atoms with Crippen molar-refractivity contribution < 1.29 is 87.9 Å². The molecule has 1 rings (SSSR count). The minimum Gasteiger partial charge on any atom is -0.508 e. The van der Waals surface area contributed by atoms with E-state index in [-0.39, 0.29) is 43.2 Å². The Labute approximate surface area is 524 Å². The predicted molar refractivity (Wildman–Crippen MR) is 328 cm³/mol. The van der Waals surface area contributed by atoms with E-state index in [2.05, 4.69) is 65.8 Å². The molecule has 0 saturated heterocycles. The summed E-state index contributed by atoms with van der Waals surface area (Å²) < 4.78 is 0. The molecule has 0 aliphatic heterocycles. The van der Waals surface area contributed by atoms with E-state index in [0.29, 0.717) is 31.2 Å². The van der Waals surface area contributed by atoms with Gasteiger partial charge in [-0.3, -0.25) is 57.5 Å². The first-order valence-electron chi connectivity index (χ1n) is 29.8. The fourth-order valence-electron chi connectivity index (χ4n) is 8.85. The topological polar surface area (TPSA) is 495 Å². The summed E-state index contributed by atoms with van der Waals surface area (Å²) in [5.74, 6) is -17.3. The summed E-state index contributed by atoms with van der Waals surface area (Å²) in [5.41, 5.74) is 11.8. The third-order valence-electron chi connectivity index (χ3n) is 14.6. The van der Waals surface area contributed by atoms with Gasteiger partial charge in [0, 0.05) is 12.2 Å². The smallest absolute Gasteiger partial charge is 0.326 e. The standard InChI is InChI=1S/C58H96N12O18S/c1-12-30(9)45(68-48(77)35(60)24-41(73)74)56(85)66-43(28(5)6)54(83)61-36(16-14-15-21-59)49(78)62-37(22-27(3)4)52(81)70-47(32(11)71)57(86)67-44(29(7)8)55(84)64-38(23-33-17-19-34(72)20-18-33)50(79)63-39(25-42(75)76)51(80)65-40(26-89)53(82)69-46(58(87)88)31(10)13-2/h17-20,27-32,35-40,43-47,71-72,89H,12-16,21-26,59-60H2,1-11H3,(H,61,83)(H,62,78)(H,63,79)(H,64,84)(H,65,80)(H,66,85)(H,67,86)(H,68,77)(H,69,82)(H,70,81)(H,73,74)(H,75,76)(H,87,88)/t30-,31-,32+,35-,36-,37-,38-,39-,40-,43-,44-,45-,46-,47-/m0/s1. The SMILES string of the molecule is CC[C@H](C)[C@H](NC(=O)[C@H](CS)NC(=O)[C@H](CC(=O)O)NC(=O)[C@H](Cc1ccc(O)cc1)NC(=O)[C@@H](NC(=O)[C@@H](NC(=O)[C@H](CC(C)C)NC(=O)[C@H](CCCCN)NC(=O)[C@@H](NC(=O)[C@@H](NC(=O)[C@@H](N)CC(=O)O)[C@@H](C)CC)C(C)C)[C@@H](C)O)C(C)C)C(=O)O. The number of aromatic hydroxyl groups is 1. The molecule has 0 bridgehead atoms. The normalized spacial score (nSPS) is 16.1. The first-order valence-corrected chi connectivity index (χ1v) is 30.4. The number of carboxylic acids is 3. The maximum Gasteiger partial charge on any atom is 0.326 e. The van der Waals surface area contributed by atoms with Crippen LogP contribution < -0.4 is 64.6 Å². The number of carbonyl (C=O) groups is 13. The van der Waals surface area contributed by atoms with Crippen LogP contribution in [0.5, 0.6) is 5.75 Å². The Balaban J connectivity index is 3.58. The largest absolute Gasteiger partial charge is 0.508 e. The van der Waals surface area contributed by atoms with Crippen LogP contribution in [0.3, 0.4) is 0 Å². The number of nitrogens with two attached hydrogens (primary N) is 2. The summed E-state index contributed by atoms with van der Waals surface area (Å²) in [7, 11) is 0. The molecule has 0 aliphatic carbocycles. The average Bonchev–Trinajstić information content (AvgIpc) is 1.60. The average molecular weight is 1280 g/mol. The molecular weight excluding hydrogens is 1180 g/mol. The van der Waals surface area contributed by atoms with Gasteiger partial charge in [-0.25, -0.2) is 4.79 Å². The molecule has 1 aromatic carbocycles. The quantitative estimate of drug-likeness (QED) is 0.0250. The van der Waals surface area contributed by atoms with E-state index in [1.165, 1.54) is 38.1 Å². The van der Waals surface area contributed by atoms with Crippen molar-refractivity contribution in [3.05, 3.63) is 29.8 Å². The molecule has 0 heterocycles. The number of amides is 10. The number of nitrogens with one attached hydrogen (secondary N) is 10. The van der Waals surface area contributed by atoms with Crippen LogP contribution in [0.2, 0.25) is 0 Å². The fraction of sp³-hybridized carbons (Fsp3) is 0.672. The Hall–Kier alpha value is -7.64. The van der Waals surface area contributed by atoms with E-state index < -0.39 is 186 Å². The van der Waals surface area contributed by atoms with E-state index in [1.54, 1.807) is 55.4 Å². The lowest BCUT2D eigenvalue weighted by Gasteiger charge is -2.31. The van der Waals surface area contributed by atoms with Gasteiger partial charge in [-0.1, -0.05) is 94.2 Å². The number of thiol groups is 1. The van der Waals surface area contributed by atoms with Gasteiger partial charge < -0.3 is 90.2 Å². The minimum atomic E-state index is -1.91. The van der Waals surface area contributed by atoms with Gasteiger partial charge in [-0.15, -0.1) is 0 Å². The number of hydrogen-bond donors (Lipinski definition) is 18. The lowest BCUT2D eigenvalue weighted by molar-refractivity contribution is -0.144. The van der Waals surface area contributed by atoms with Crippen molar-refractivity contribution in [2.45, 2.75) is 207 Å². The minimum absolute atomic E-state index is 0.00279. The first kappa shape index (κ1) is 79.4. The van der Waals surface area contributed by atoms with Crippen molar-refractivity contribution >= 4 is 89.6 Å². The molecule has 0 saturated carbocycles. The molecule has 19 N–H and O–H groups in total. The molecule has 89 heavy (non-hydrogen) atoms. The molecule has 0 aliphatic rings. The van der Waals surface area contributed by atoms with Gasteiger partial charge >= 0.3 is 17.9 Å². The molecule has 30 nitrogen and oxygen atoms in total. The summed E-state index contributed by atoms with van der Waals surface area (Å²) in [4.78, 5) is 174. The highest BCUT2D eigenvalue weighted by Crippen LogP contribution is 2.16. The van der Waals surface area contributed by atoms with Crippen molar-refractivity contribution in [1.82, 2.24) is 53.2 Å². The number of aliphatic hydroxyl groups is 1. The van der Waals surface area contributed by atoms with Crippen LogP contribution in [0.25, 0.3) is 0 Å². The Morgan fingerprint density at radius 1 is 0.472 bits per heavy atom. The van der Waals surface area contributed by atoms with Crippen molar-refractivity contribution in [3.63, 3.8) is 0 Å². The van der Waals surface area contributed by atoms with E-state index in [4.69, 9.17) is 16.6 Å². The second-order valence-electron chi connectivity index (χ2n) is 23.3. The lowest BCUT2D eigenvalue weighted by atomic mass is 9.95. The van der Waals surface area contributed by atoms with Gasteiger partial charge in [-0.05, 0) is 86.4 Å². The molecule has 1 aromatic rings. The van der Waals surface area contributed by atoms with Gasteiger partial charge in [0.1, 0.15) is 66.2 Å². The number of carbonyl (C=O) groups excluding carboxylic acids is 10. The number of phenols is 1. The number of rotatable bonds is 41. The zero-order valence-electron chi connectivity index (χ0n) is 52.5. The third kappa shape index (κ3) is 27.7. The summed E-state index contributed by atoms with van der Waals surface area (Å²) in [6, 6.07) is -11.2. The van der Waals surface area contributed by atoms with Crippen molar-refractivity contribution in [2.75, 3.05) is 12.3 Å². The van der Waals surface area contributed by atoms with Gasteiger partial charge in [0.2, 0.25) is 59.1 Å². The fourth-order valence-corrected chi connectivity index (χ4v) is 9.11. The van der Waals surface area contributed by atoms with Crippen LogP contribution in [0.4, 0.5) is 0 Å². The van der Waals surface area contributed by atoms with Gasteiger partial charge in [0.05, 0.1) is 25.0 Å². The van der Waals surface area contributed by atoms with Crippen molar-refractivity contribution in [2.24, 2.45) is 41.1 Å². The van der Waals surface area contributed by atoms with Crippen LogP contribution in [-0.4, -0.2) is 187 Å². The predicted octanol–water partition coefficient (Wildman–Crippen LogP) is -1.97. The molecule has 0 aromatic heterocycles. The van der Waals surface area contributed by atoms with Gasteiger partial charge in [0.25, 0.3) is 0 Å². The number of carboxylic acid groups (broad SMARTS) is 3. The molecule has 10 amide bonds. The van der Waals surface area contributed by atoms with Crippen LogP contribution in [0.1, 0.15) is 133 Å². The van der Waals surface area contributed by atoms with Gasteiger partial charge in [-0.2, -0.15) is 12.6 Å². The van der Waals surface area contributed by atoms with Crippen molar-refractivity contribution in [3.8, 4) is 5.75 Å². The number of unbranched alkanes of at least 4 members (excludes halogenated alkanes) is 1. The first-order chi connectivity index (χ1) is 41.5. The van der Waals surface area contributed by atoms with E-state index in [0.717, 1.165) is 6.92 Å². The molecule has 14 atom stereocenters. The van der Waals surface area contributed by atoms with Crippen LogP contribution >= 0.6 is 12.6 Å². The van der Waals surface area contributed by atoms with E-state index in [9.17, 15) is 82.8 Å². The lowest BCUT2D eigenvalue weighted by Crippen LogP contribution is -2.63. The highest BCUT2D eigenvalue weighted by molar-refractivity contribution is 7.80. The molecular formula is C58H96N12O18S. The molecule has 31 heteroatoms. The zero-order chi connectivity index (χ0) is 68.2.